The SMILES string of the molecule is CC(C)[C@H](NC(=O)[C@@H](N)CCCNC(=N)N)C(=O)N[C@@H](CCC(N)=O)C(=O)O. The molecule has 0 aromatic carbocycles. The molecule has 0 radical (unpaired) electrons. The number of hydrogen-bond donors (Lipinski definition) is 8. The number of hydrogen-bond acceptors (Lipinski definition) is 6. The van der Waals surface area contributed by atoms with Crippen LogP contribution < -0.4 is 33.2 Å². The lowest BCUT2D eigenvalue weighted by molar-refractivity contribution is -0.142. The van der Waals surface area contributed by atoms with E-state index in [1.807, 2.05) is 0 Å². The molecule has 0 aliphatic rings. The molecule has 0 fully saturated rings. The molecule has 3 amide bonds. The second kappa shape index (κ2) is 12.5. The van der Waals surface area contributed by atoms with Crippen LogP contribution in [0.1, 0.15) is 39.5 Å². The Bertz CT molecular complexity index is 582. The predicted octanol–water partition coefficient (Wildman–Crippen LogP) is -2.45. The summed E-state index contributed by atoms with van der Waals surface area (Å²) in [7, 11) is 0. The van der Waals surface area contributed by atoms with Gasteiger partial charge in [0.05, 0.1) is 6.04 Å². The first kappa shape index (κ1) is 25.1. The highest BCUT2D eigenvalue weighted by Gasteiger charge is 2.29. The molecular formula is C16H31N7O5. The van der Waals surface area contributed by atoms with Gasteiger partial charge in [-0.15, -0.1) is 0 Å². The lowest BCUT2D eigenvalue weighted by Gasteiger charge is -2.25. The van der Waals surface area contributed by atoms with Gasteiger partial charge >= 0.3 is 5.97 Å². The van der Waals surface area contributed by atoms with Gasteiger partial charge in [0.1, 0.15) is 12.1 Å². The zero-order valence-electron chi connectivity index (χ0n) is 16.2. The highest BCUT2D eigenvalue weighted by molar-refractivity contribution is 5.92. The molecule has 0 unspecified atom stereocenters. The number of carboxylic acid groups (broad SMARTS) is 1. The fourth-order valence-electron chi connectivity index (χ4n) is 2.28. The zero-order valence-corrected chi connectivity index (χ0v) is 16.2. The first-order valence-electron chi connectivity index (χ1n) is 8.91. The molecule has 11 N–H and O–H groups in total. The summed E-state index contributed by atoms with van der Waals surface area (Å²) in [6.07, 6.45) is 0.433. The number of carbonyl (C=O) groups excluding carboxylic acids is 3. The quantitative estimate of drug-likeness (QED) is 0.0936. The monoisotopic (exact) mass is 401 g/mol. The van der Waals surface area contributed by atoms with Crippen molar-refractivity contribution in [2.45, 2.75) is 57.7 Å². The minimum atomic E-state index is -1.31. The highest BCUT2D eigenvalue weighted by atomic mass is 16.4. The number of aliphatic carboxylic acids is 1. The molecule has 0 rings (SSSR count). The molecule has 0 bridgehead atoms. The van der Waals surface area contributed by atoms with Crippen LogP contribution in [0.15, 0.2) is 0 Å². The molecule has 0 heterocycles. The summed E-state index contributed by atoms with van der Waals surface area (Å²) in [6.45, 7) is 3.75. The fourth-order valence-corrected chi connectivity index (χ4v) is 2.28. The van der Waals surface area contributed by atoms with Gasteiger partial charge in [0.2, 0.25) is 17.7 Å². The molecule has 160 valence electrons. The number of carboxylic acids is 1. The highest BCUT2D eigenvalue weighted by Crippen LogP contribution is 2.06. The van der Waals surface area contributed by atoms with Gasteiger partial charge in [-0.2, -0.15) is 0 Å². The van der Waals surface area contributed by atoms with E-state index in [1.165, 1.54) is 0 Å². The van der Waals surface area contributed by atoms with Crippen LogP contribution in [0.25, 0.3) is 0 Å². The summed E-state index contributed by atoms with van der Waals surface area (Å²) in [5.74, 6) is -3.75. The van der Waals surface area contributed by atoms with E-state index in [0.29, 0.717) is 19.4 Å². The van der Waals surface area contributed by atoms with E-state index in [0.717, 1.165) is 0 Å². The Morgan fingerprint density at radius 1 is 1.04 bits per heavy atom. The lowest BCUT2D eigenvalue weighted by Crippen LogP contribution is -2.56. The number of carbonyl (C=O) groups is 4. The molecular weight excluding hydrogens is 370 g/mol. The van der Waals surface area contributed by atoms with Crippen LogP contribution in [0.4, 0.5) is 0 Å². The van der Waals surface area contributed by atoms with Crippen molar-refractivity contribution in [3.05, 3.63) is 0 Å². The van der Waals surface area contributed by atoms with Gasteiger partial charge in [-0.05, 0) is 25.2 Å². The van der Waals surface area contributed by atoms with E-state index in [1.54, 1.807) is 13.8 Å². The number of guanidine groups is 1. The molecule has 12 heteroatoms. The van der Waals surface area contributed by atoms with E-state index in [2.05, 4.69) is 16.0 Å². The molecule has 12 nitrogen and oxygen atoms in total. The third-order valence-electron chi connectivity index (χ3n) is 3.89. The van der Waals surface area contributed by atoms with E-state index < -0.39 is 41.8 Å². The fraction of sp³-hybridized carbons (Fsp3) is 0.688. The minimum Gasteiger partial charge on any atom is -0.480 e. The maximum Gasteiger partial charge on any atom is 0.326 e. The normalized spacial score (nSPS) is 13.9. The lowest BCUT2D eigenvalue weighted by atomic mass is 10.0. The second-order valence-corrected chi connectivity index (χ2v) is 6.72. The van der Waals surface area contributed by atoms with Gasteiger partial charge in [0.15, 0.2) is 5.96 Å². The first-order chi connectivity index (χ1) is 13.0. The summed E-state index contributed by atoms with van der Waals surface area (Å²) >= 11 is 0. The average Bonchev–Trinajstić information content (AvgIpc) is 2.58. The number of nitrogens with two attached hydrogens (primary N) is 3. The Morgan fingerprint density at radius 3 is 2.11 bits per heavy atom. The number of primary amides is 1. The van der Waals surface area contributed by atoms with Gasteiger partial charge in [-0.3, -0.25) is 19.8 Å². The Balaban J connectivity index is 4.79. The predicted molar refractivity (Wildman–Crippen MR) is 102 cm³/mol. The number of nitrogens with one attached hydrogen (secondary N) is 4. The van der Waals surface area contributed by atoms with Gasteiger partial charge in [-0.25, -0.2) is 4.79 Å². The van der Waals surface area contributed by atoms with E-state index in [9.17, 15) is 24.3 Å². The number of amides is 3. The van der Waals surface area contributed by atoms with Crippen LogP contribution >= 0.6 is 0 Å². The van der Waals surface area contributed by atoms with Crippen LogP contribution in [0.2, 0.25) is 0 Å². The summed E-state index contributed by atoms with van der Waals surface area (Å²) in [4.78, 5) is 46.8. The summed E-state index contributed by atoms with van der Waals surface area (Å²) in [5.41, 5.74) is 16.0. The van der Waals surface area contributed by atoms with Crippen LogP contribution in [-0.2, 0) is 19.2 Å². The van der Waals surface area contributed by atoms with Crippen molar-refractivity contribution >= 4 is 29.7 Å². The van der Waals surface area contributed by atoms with Crippen molar-refractivity contribution in [2.75, 3.05) is 6.54 Å². The Kier molecular flexibility index (Phi) is 11.2. The standard InChI is InChI=1S/C16H31N7O5/c1-8(2)12(14(26)22-10(15(27)28)5-6-11(18)24)23-13(25)9(17)4-3-7-21-16(19)20/h8-10,12H,3-7,17H2,1-2H3,(H2,18,24)(H,22,26)(H,23,25)(H,27,28)(H4,19,20,21)/t9-,10-,12-/m0/s1. The van der Waals surface area contributed by atoms with E-state index in [4.69, 9.17) is 22.6 Å². The average molecular weight is 401 g/mol. The molecule has 0 saturated carbocycles. The van der Waals surface area contributed by atoms with E-state index in [-0.39, 0.29) is 24.7 Å². The summed E-state index contributed by atoms with van der Waals surface area (Å²) in [5, 5.41) is 23.6. The Morgan fingerprint density at radius 2 is 1.64 bits per heavy atom. The van der Waals surface area contributed by atoms with Gasteiger partial charge in [0.25, 0.3) is 0 Å². The largest absolute Gasteiger partial charge is 0.480 e. The van der Waals surface area contributed by atoms with Gasteiger partial charge in [0, 0.05) is 13.0 Å². The molecule has 28 heavy (non-hydrogen) atoms. The van der Waals surface area contributed by atoms with Crippen LogP contribution in [-0.4, -0.2) is 59.4 Å². The van der Waals surface area contributed by atoms with Crippen molar-refractivity contribution < 1.29 is 24.3 Å². The molecule has 0 aromatic heterocycles. The van der Waals surface area contributed by atoms with Crippen molar-refractivity contribution in [1.29, 1.82) is 5.41 Å². The summed E-state index contributed by atoms with van der Waals surface area (Å²) < 4.78 is 0. The van der Waals surface area contributed by atoms with Crippen molar-refractivity contribution in [3.63, 3.8) is 0 Å². The van der Waals surface area contributed by atoms with Crippen LogP contribution in [0.3, 0.4) is 0 Å². The Hall–Kier alpha value is -2.89. The molecule has 3 atom stereocenters. The smallest absolute Gasteiger partial charge is 0.326 e. The van der Waals surface area contributed by atoms with E-state index >= 15 is 0 Å². The first-order valence-corrected chi connectivity index (χ1v) is 8.91. The third-order valence-corrected chi connectivity index (χ3v) is 3.89. The van der Waals surface area contributed by atoms with Crippen molar-refractivity contribution in [2.24, 2.45) is 23.1 Å². The molecule has 0 saturated heterocycles. The zero-order chi connectivity index (χ0) is 21.9. The van der Waals surface area contributed by atoms with Gasteiger partial charge in [-0.1, -0.05) is 13.8 Å². The second-order valence-electron chi connectivity index (χ2n) is 6.72. The third kappa shape index (κ3) is 10.3. The molecule has 0 spiro atoms. The van der Waals surface area contributed by atoms with Gasteiger partial charge < -0.3 is 38.3 Å². The van der Waals surface area contributed by atoms with Crippen molar-refractivity contribution in [3.8, 4) is 0 Å². The minimum absolute atomic E-state index is 0.155. The molecule has 0 aromatic rings. The molecule has 0 aliphatic carbocycles. The molecule has 0 aliphatic heterocycles. The number of rotatable bonds is 13. The topological polar surface area (TPSA) is 227 Å². The van der Waals surface area contributed by atoms with Crippen LogP contribution in [0, 0.1) is 11.3 Å². The van der Waals surface area contributed by atoms with Crippen molar-refractivity contribution in [1.82, 2.24) is 16.0 Å². The summed E-state index contributed by atoms with van der Waals surface area (Å²) in [6, 6.07) is -3.18. The van der Waals surface area contributed by atoms with Crippen LogP contribution in [0.5, 0.6) is 0 Å². The maximum absolute atomic E-state index is 12.4. The Labute approximate surface area is 163 Å². The maximum atomic E-state index is 12.4.